The van der Waals surface area contributed by atoms with Crippen molar-refractivity contribution >= 4 is 22.1 Å². The molecule has 2 aliphatic carbocycles. The van der Waals surface area contributed by atoms with Gasteiger partial charge in [-0.05, 0) is 46.5 Å². The number of ether oxygens (including phenoxy) is 2. The maximum absolute atomic E-state index is 12.8. The summed E-state index contributed by atoms with van der Waals surface area (Å²) in [4.78, 5) is 25.3. The first-order valence-corrected chi connectivity index (χ1v) is 10.8. The molecule has 0 spiro atoms. The molecule has 6 atom stereocenters. The van der Waals surface area contributed by atoms with Crippen LogP contribution in [0.3, 0.4) is 0 Å². The fraction of sp³-hybridized carbons (Fsp3) is 0.889. The molecule has 3 fully saturated rings. The summed E-state index contributed by atoms with van der Waals surface area (Å²) in [5.74, 6) is -1.26. The van der Waals surface area contributed by atoms with Gasteiger partial charge in [-0.15, -0.1) is 0 Å². The molecule has 2 saturated carbocycles. The van der Waals surface area contributed by atoms with E-state index in [1.807, 2.05) is 6.92 Å². The van der Waals surface area contributed by atoms with Crippen LogP contribution in [-0.2, 0) is 33.4 Å². The molecule has 26 heavy (non-hydrogen) atoms. The van der Waals surface area contributed by atoms with Gasteiger partial charge in [-0.1, -0.05) is 13.8 Å². The third kappa shape index (κ3) is 2.95. The van der Waals surface area contributed by atoms with Crippen LogP contribution in [0.4, 0.5) is 0 Å². The topological polar surface area (TPSA) is 96.0 Å². The molecule has 0 radical (unpaired) electrons. The molecule has 3 aliphatic rings. The zero-order valence-corrected chi connectivity index (χ0v) is 16.8. The molecule has 0 aromatic carbocycles. The van der Waals surface area contributed by atoms with Gasteiger partial charge in [0.25, 0.3) is 10.1 Å². The molecule has 1 saturated heterocycles. The Hall–Kier alpha value is -1.15. The normalized spacial score (nSPS) is 36.6. The van der Waals surface area contributed by atoms with Crippen molar-refractivity contribution in [3.05, 3.63) is 0 Å². The number of carbonyl (C=O) groups is 2. The molecule has 1 aliphatic heterocycles. The molecule has 7 nitrogen and oxygen atoms in total. The minimum absolute atomic E-state index is 0.0138. The first-order chi connectivity index (χ1) is 11.9. The van der Waals surface area contributed by atoms with Crippen LogP contribution < -0.4 is 0 Å². The van der Waals surface area contributed by atoms with E-state index in [9.17, 15) is 18.0 Å². The number of esters is 2. The third-order valence-electron chi connectivity index (χ3n) is 6.49. The van der Waals surface area contributed by atoms with Gasteiger partial charge in [0.15, 0.2) is 0 Å². The van der Waals surface area contributed by atoms with Gasteiger partial charge in [-0.25, -0.2) is 4.79 Å². The van der Waals surface area contributed by atoms with Crippen molar-refractivity contribution in [3.63, 3.8) is 0 Å². The van der Waals surface area contributed by atoms with Crippen molar-refractivity contribution < 1.29 is 31.7 Å². The summed E-state index contributed by atoms with van der Waals surface area (Å²) in [6.07, 6.45) is 1.11. The number of carbonyl (C=O) groups excluding carboxylic acids is 2. The van der Waals surface area contributed by atoms with Crippen LogP contribution in [0.15, 0.2) is 0 Å². The third-order valence-corrected chi connectivity index (χ3v) is 8.29. The van der Waals surface area contributed by atoms with E-state index in [1.54, 1.807) is 20.8 Å². The SMILES string of the molecule is CCC(C)(C)C(=O)OC(C)(CC)C(=O)OC1C2CC3OS(=O)(=O)C1C3C2. The maximum atomic E-state index is 12.8. The minimum atomic E-state index is -3.71. The molecule has 0 N–H and O–H groups in total. The summed E-state index contributed by atoms with van der Waals surface area (Å²) in [5.41, 5.74) is -2.15. The molecule has 8 heteroatoms. The molecule has 1 heterocycles. The molecular formula is C18H28O7S. The lowest BCUT2D eigenvalue weighted by molar-refractivity contribution is -0.191. The second-order valence-corrected chi connectivity index (χ2v) is 10.3. The zero-order chi connectivity index (χ0) is 19.5. The van der Waals surface area contributed by atoms with Gasteiger partial charge >= 0.3 is 11.9 Å². The highest BCUT2D eigenvalue weighted by Crippen LogP contribution is 2.55. The fourth-order valence-corrected chi connectivity index (χ4v) is 6.09. The monoisotopic (exact) mass is 388 g/mol. The highest BCUT2D eigenvalue weighted by atomic mass is 32.2. The molecular weight excluding hydrogens is 360 g/mol. The van der Waals surface area contributed by atoms with Crippen molar-refractivity contribution in [3.8, 4) is 0 Å². The Labute approximate surface area is 154 Å². The summed E-state index contributed by atoms with van der Waals surface area (Å²) in [6.45, 7) is 8.65. The molecule has 0 amide bonds. The number of hydrogen-bond acceptors (Lipinski definition) is 7. The van der Waals surface area contributed by atoms with E-state index >= 15 is 0 Å². The summed E-state index contributed by atoms with van der Waals surface area (Å²) in [6, 6.07) is 0. The van der Waals surface area contributed by atoms with Gasteiger partial charge < -0.3 is 9.47 Å². The van der Waals surface area contributed by atoms with Crippen LogP contribution in [0, 0.1) is 17.3 Å². The van der Waals surface area contributed by atoms with Crippen LogP contribution in [0.5, 0.6) is 0 Å². The largest absolute Gasteiger partial charge is 0.458 e. The lowest BCUT2D eigenvalue weighted by Gasteiger charge is -2.33. The Kier molecular flexibility index (Phi) is 4.67. The van der Waals surface area contributed by atoms with Crippen LogP contribution in [0.1, 0.15) is 60.3 Å². The molecule has 0 aromatic rings. The van der Waals surface area contributed by atoms with E-state index in [-0.39, 0.29) is 24.4 Å². The second-order valence-electron chi connectivity index (χ2n) is 8.57. The second kappa shape index (κ2) is 6.19. The quantitative estimate of drug-likeness (QED) is 0.508. The van der Waals surface area contributed by atoms with Crippen molar-refractivity contribution in [2.75, 3.05) is 0 Å². The standard InChI is InChI=1S/C18H28O7S/c1-6-17(3,4)15(19)24-18(5,7-2)16(20)23-13-10-8-11-12(9-10)25-26(21,22)14(11)13/h10-14H,6-9H2,1-5H3. The summed E-state index contributed by atoms with van der Waals surface area (Å²) in [5, 5.41) is -0.793. The Morgan fingerprint density at radius 2 is 1.73 bits per heavy atom. The molecule has 6 unspecified atom stereocenters. The van der Waals surface area contributed by atoms with E-state index in [4.69, 9.17) is 13.7 Å². The van der Waals surface area contributed by atoms with Crippen molar-refractivity contribution in [1.82, 2.24) is 0 Å². The predicted molar refractivity (Wildman–Crippen MR) is 92.5 cm³/mol. The maximum Gasteiger partial charge on any atom is 0.350 e. The highest BCUT2D eigenvalue weighted by Gasteiger charge is 2.66. The fourth-order valence-electron chi connectivity index (χ4n) is 4.08. The Morgan fingerprint density at radius 3 is 2.31 bits per heavy atom. The Bertz CT molecular complexity index is 711. The molecule has 148 valence electrons. The van der Waals surface area contributed by atoms with E-state index in [1.165, 1.54) is 6.92 Å². The van der Waals surface area contributed by atoms with E-state index < -0.39 is 44.4 Å². The highest BCUT2D eigenvalue weighted by molar-refractivity contribution is 7.87. The van der Waals surface area contributed by atoms with Gasteiger partial charge in [0.05, 0.1) is 11.5 Å². The van der Waals surface area contributed by atoms with Crippen LogP contribution in [0.25, 0.3) is 0 Å². The lowest BCUT2D eigenvalue weighted by atomic mass is 9.90. The minimum Gasteiger partial charge on any atom is -0.458 e. The summed E-state index contributed by atoms with van der Waals surface area (Å²) < 4.78 is 40.8. The van der Waals surface area contributed by atoms with E-state index in [0.29, 0.717) is 19.3 Å². The van der Waals surface area contributed by atoms with Gasteiger partial charge in [-0.2, -0.15) is 8.42 Å². The lowest BCUT2D eigenvalue weighted by Crippen LogP contribution is -2.48. The molecule has 2 bridgehead atoms. The Morgan fingerprint density at radius 1 is 1.08 bits per heavy atom. The molecule has 0 aromatic heterocycles. The smallest absolute Gasteiger partial charge is 0.350 e. The van der Waals surface area contributed by atoms with Crippen LogP contribution >= 0.6 is 0 Å². The van der Waals surface area contributed by atoms with Crippen molar-refractivity contribution in [2.45, 2.75) is 83.4 Å². The van der Waals surface area contributed by atoms with E-state index in [2.05, 4.69) is 0 Å². The van der Waals surface area contributed by atoms with Gasteiger partial charge in [0, 0.05) is 11.8 Å². The molecule has 3 rings (SSSR count). The van der Waals surface area contributed by atoms with Crippen molar-refractivity contribution in [1.29, 1.82) is 0 Å². The first-order valence-electron chi connectivity index (χ1n) is 9.32. The average molecular weight is 388 g/mol. The van der Waals surface area contributed by atoms with Gasteiger partial charge in [0.2, 0.25) is 5.60 Å². The zero-order valence-electron chi connectivity index (χ0n) is 16.0. The number of fused-ring (bicyclic) bond motifs is 1. The van der Waals surface area contributed by atoms with E-state index in [0.717, 1.165) is 0 Å². The average Bonchev–Trinajstić information content (AvgIpc) is 3.16. The predicted octanol–water partition coefficient (Wildman–Crippen LogP) is 2.18. The van der Waals surface area contributed by atoms with Crippen molar-refractivity contribution in [2.24, 2.45) is 17.3 Å². The van der Waals surface area contributed by atoms with Crippen LogP contribution in [-0.4, -0.2) is 43.4 Å². The summed E-state index contributed by atoms with van der Waals surface area (Å²) >= 11 is 0. The summed E-state index contributed by atoms with van der Waals surface area (Å²) in [7, 11) is -3.71. The van der Waals surface area contributed by atoms with Gasteiger partial charge in [0.1, 0.15) is 11.4 Å². The number of hydrogen-bond donors (Lipinski definition) is 0. The number of rotatable bonds is 6. The van der Waals surface area contributed by atoms with Crippen LogP contribution in [0.2, 0.25) is 0 Å². The first kappa shape index (κ1) is 19.6. The Balaban J connectivity index is 1.75. The van der Waals surface area contributed by atoms with Gasteiger partial charge in [-0.3, -0.25) is 8.98 Å².